The number of rotatable bonds is 9. The molecule has 1 atom stereocenters. The molecule has 21 heavy (non-hydrogen) atoms. The van der Waals surface area contributed by atoms with E-state index in [9.17, 15) is 19.6 Å². The normalized spacial score (nSPS) is 14.1. The molecular weight excluding hydrogens is 340 g/mol. The molecule has 0 bridgehead atoms. The van der Waals surface area contributed by atoms with E-state index in [1.807, 2.05) is 0 Å². The van der Waals surface area contributed by atoms with Crippen molar-refractivity contribution in [3.63, 3.8) is 0 Å². The monoisotopic (exact) mass is 355 g/mol. The Hall–Kier alpha value is -0.690. The topological polar surface area (TPSA) is 95.7 Å². The lowest BCUT2D eigenvalue weighted by atomic mass is 10.2. The van der Waals surface area contributed by atoms with Crippen molar-refractivity contribution in [1.29, 1.82) is 0 Å². The highest BCUT2D eigenvalue weighted by molar-refractivity contribution is 7.53. The van der Waals surface area contributed by atoms with Crippen LogP contribution in [0, 0.1) is 10.1 Å². The van der Waals surface area contributed by atoms with Gasteiger partial charge in [0, 0.05) is 43.0 Å². The Morgan fingerprint density at radius 3 is 2.38 bits per heavy atom. The molecule has 0 amide bonds. The van der Waals surface area contributed by atoms with Gasteiger partial charge in [-0.1, -0.05) is 18.2 Å². The zero-order chi connectivity index (χ0) is 15.9. The Kier molecular flexibility index (Phi) is 7.59. The Morgan fingerprint density at radius 2 is 1.86 bits per heavy atom. The van der Waals surface area contributed by atoms with Crippen molar-refractivity contribution in [3.05, 3.63) is 39.9 Å². The van der Waals surface area contributed by atoms with Crippen LogP contribution in [0.15, 0.2) is 24.3 Å². The lowest BCUT2D eigenvalue weighted by Crippen LogP contribution is -2.31. The zero-order valence-electron chi connectivity index (χ0n) is 11.1. The van der Waals surface area contributed by atoms with Crippen LogP contribution in [0.2, 0.25) is 0 Å². The van der Waals surface area contributed by atoms with Crippen molar-refractivity contribution >= 4 is 36.6 Å². The fourth-order valence-corrected chi connectivity index (χ4v) is 3.67. The third kappa shape index (κ3) is 5.54. The van der Waals surface area contributed by atoms with Gasteiger partial charge in [-0.3, -0.25) is 14.7 Å². The van der Waals surface area contributed by atoms with Crippen molar-refractivity contribution in [1.82, 2.24) is 9.76 Å². The van der Waals surface area contributed by atoms with E-state index < -0.39 is 12.6 Å². The molecule has 0 aliphatic rings. The number of alkyl halides is 2. The molecule has 1 rings (SSSR count). The van der Waals surface area contributed by atoms with Crippen LogP contribution in [0.5, 0.6) is 0 Å². The second-order valence-corrected chi connectivity index (χ2v) is 6.82. The summed E-state index contributed by atoms with van der Waals surface area (Å²) in [6.45, 7) is 0.268. The predicted molar refractivity (Wildman–Crippen MR) is 82.8 cm³/mol. The van der Waals surface area contributed by atoms with Gasteiger partial charge in [0.15, 0.2) is 0 Å². The predicted octanol–water partition coefficient (Wildman–Crippen LogP) is 2.56. The summed E-state index contributed by atoms with van der Waals surface area (Å²) in [6, 6.07) is 6.03. The van der Waals surface area contributed by atoms with Crippen LogP contribution in [0.4, 0.5) is 5.69 Å². The number of hydrogen-bond donors (Lipinski definition) is 2. The van der Waals surface area contributed by atoms with E-state index in [-0.39, 0.29) is 37.1 Å². The fourth-order valence-electron chi connectivity index (χ4n) is 1.70. The van der Waals surface area contributed by atoms with Gasteiger partial charge in [-0.25, -0.2) is 9.76 Å². The number of nitrogens with zero attached hydrogens (tertiary/aromatic N) is 2. The molecule has 7 nitrogen and oxygen atoms in total. The van der Waals surface area contributed by atoms with Gasteiger partial charge in [0.1, 0.15) is 0 Å². The van der Waals surface area contributed by atoms with E-state index in [0.717, 1.165) is 0 Å². The molecule has 118 valence electrons. The first-order chi connectivity index (χ1) is 9.92. The number of nitro groups is 1. The molecule has 0 aliphatic heterocycles. The van der Waals surface area contributed by atoms with Crippen LogP contribution in [-0.2, 0) is 11.1 Å². The van der Waals surface area contributed by atoms with Crippen LogP contribution in [-0.4, -0.2) is 39.3 Å². The maximum atomic E-state index is 12.2. The molecule has 1 unspecified atom stereocenters. The highest BCUT2D eigenvalue weighted by Gasteiger charge is 2.27. The minimum Gasteiger partial charge on any atom is -0.322 e. The molecule has 0 spiro atoms. The summed E-state index contributed by atoms with van der Waals surface area (Å²) in [5.74, 6) is 0.350. The van der Waals surface area contributed by atoms with Gasteiger partial charge in [0.25, 0.3) is 5.69 Å². The third-order valence-electron chi connectivity index (χ3n) is 2.73. The van der Waals surface area contributed by atoms with Crippen molar-refractivity contribution in [2.24, 2.45) is 0 Å². The van der Waals surface area contributed by atoms with Gasteiger partial charge >= 0.3 is 7.67 Å². The molecule has 2 N–H and O–H groups in total. The van der Waals surface area contributed by atoms with Crippen LogP contribution in [0.25, 0.3) is 0 Å². The molecule has 0 radical (unpaired) electrons. The molecule has 1 aromatic carbocycles. The van der Waals surface area contributed by atoms with Crippen molar-refractivity contribution in [2.45, 2.75) is 6.54 Å². The lowest BCUT2D eigenvalue weighted by Gasteiger charge is -2.26. The molecule has 0 aromatic heterocycles. The van der Waals surface area contributed by atoms with E-state index in [2.05, 4.69) is 5.09 Å². The quantitative estimate of drug-likeness (QED) is 0.306. The average Bonchev–Trinajstić information content (AvgIpc) is 2.45. The molecular formula is C11H16Cl2N3O4P. The Balaban J connectivity index is 2.81. The van der Waals surface area contributed by atoms with Gasteiger partial charge in [-0.2, -0.15) is 0 Å². The molecule has 0 aliphatic carbocycles. The smallest absolute Gasteiger partial charge is 0.322 e. The number of nitrogens with one attached hydrogen (secondary N) is 1. The maximum Gasteiger partial charge on any atom is 0.341 e. The highest BCUT2D eigenvalue weighted by Crippen LogP contribution is 2.40. The molecule has 0 saturated carbocycles. The van der Waals surface area contributed by atoms with Gasteiger partial charge in [-0.15, -0.1) is 23.2 Å². The Labute approximate surface area is 132 Å². The van der Waals surface area contributed by atoms with Gasteiger partial charge in [-0.05, 0) is 0 Å². The maximum absolute atomic E-state index is 12.2. The second-order valence-electron chi connectivity index (χ2n) is 4.10. The molecule has 0 saturated heterocycles. The number of benzene rings is 1. The van der Waals surface area contributed by atoms with Crippen LogP contribution >= 0.6 is 30.9 Å². The summed E-state index contributed by atoms with van der Waals surface area (Å²) in [7, 11) is -3.86. The number of hydrogen-bond acceptors (Lipinski definition) is 3. The van der Waals surface area contributed by atoms with Crippen molar-refractivity contribution in [2.75, 3.05) is 24.8 Å². The number of nitro benzene ring substituents is 1. The number of halogens is 2. The SMILES string of the molecule is O=[N+]([O-])c1ccccc1CNP(=O)(O)N(CCCl)CCCl. The molecule has 10 heteroatoms. The van der Waals surface area contributed by atoms with Gasteiger partial charge in [0.2, 0.25) is 0 Å². The van der Waals surface area contributed by atoms with Gasteiger partial charge in [0.05, 0.1) is 4.92 Å². The zero-order valence-corrected chi connectivity index (χ0v) is 13.5. The summed E-state index contributed by atoms with van der Waals surface area (Å²) in [6.07, 6.45) is 0. The van der Waals surface area contributed by atoms with E-state index in [4.69, 9.17) is 23.2 Å². The minimum absolute atomic E-state index is 0.105. The highest BCUT2D eigenvalue weighted by atomic mass is 35.5. The molecule has 1 aromatic rings. The molecule has 0 heterocycles. The average molecular weight is 356 g/mol. The largest absolute Gasteiger partial charge is 0.341 e. The second kappa shape index (κ2) is 8.68. The summed E-state index contributed by atoms with van der Waals surface area (Å²) in [5, 5.41) is 13.3. The summed E-state index contributed by atoms with van der Waals surface area (Å²) >= 11 is 11.2. The van der Waals surface area contributed by atoms with Crippen LogP contribution < -0.4 is 5.09 Å². The lowest BCUT2D eigenvalue weighted by molar-refractivity contribution is -0.385. The first-order valence-electron chi connectivity index (χ1n) is 6.10. The van der Waals surface area contributed by atoms with E-state index in [1.54, 1.807) is 6.07 Å². The summed E-state index contributed by atoms with van der Waals surface area (Å²) < 4.78 is 13.5. The van der Waals surface area contributed by atoms with Crippen molar-refractivity contribution < 1.29 is 14.4 Å². The van der Waals surface area contributed by atoms with E-state index in [0.29, 0.717) is 5.56 Å². The molecule has 0 fully saturated rings. The minimum atomic E-state index is -3.86. The van der Waals surface area contributed by atoms with Gasteiger partial charge < -0.3 is 4.89 Å². The first-order valence-corrected chi connectivity index (χ1v) is 8.78. The summed E-state index contributed by atoms with van der Waals surface area (Å²) in [4.78, 5) is 20.4. The van der Waals surface area contributed by atoms with Crippen LogP contribution in [0.3, 0.4) is 0 Å². The Morgan fingerprint density at radius 1 is 1.29 bits per heavy atom. The van der Waals surface area contributed by atoms with E-state index >= 15 is 0 Å². The third-order valence-corrected chi connectivity index (χ3v) is 4.81. The first kappa shape index (κ1) is 18.4. The van der Waals surface area contributed by atoms with Crippen molar-refractivity contribution in [3.8, 4) is 0 Å². The fraction of sp³-hybridized carbons (Fsp3) is 0.455. The number of para-hydroxylation sites is 1. The summed E-state index contributed by atoms with van der Waals surface area (Å²) in [5.41, 5.74) is 0.222. The van der Waals surface area contributed by atoms with Crippen LogP contribution in [0.1, 0.15) is 5.56 Å². The standard InChI is InChI=1S/C11H16Cl2N3O4P/c12-5-7-15(8-6-13)21(19,20)14-9-10-3-1-2-4-11(10)16(17)18/h1-4H,5-9H2,(H2,14,19,20). The van der Waals surface area contributed by atoms with E-state index in [1.165, 1.54) is 22.9 Å². The Bertz CT molecular complexity index is 526.